The van der Waals surface area contributed by atoms with Crippen molar-refractivity contribution in [3.63, 3.8) is 0 Å². The van der Waals surface area contributed by atoms with Gasteiger partial charge in [-0.25, -0.2) is 0 Å². The van der Waals surface area contributed by atoms with Gasteiger partial charge in [0.25, 0.3) is 0 Å². The summed E-state index contributed by atoms with van der Waals surface area (Å²) in [6.45, 7) is 12.6. The highest BCUT2D eigenvalue weighted by Crippen LogP contribution is 2.44. The maximum Gasteiger partial charge on any atom is 0.0679 e. The minimum Gasteiger partial charge on any atom is -0.380 e. The monoisotopic (exact) mass is 298 g/mol. The normalized spacial score (nSPS) is 25.7. The van der Waals surface area contributed by atoms with Crippen LogP contribution in [0.2, 0.25) is 0 Å². The van der Waals surface area contributed by atoms with Crippen LogP contribution in [-0.4, -0.2) is 38.6 Å². The Hall–Kier alpha value is -0.120. The molecule has 0 spiro atoms. The molecule has 0 aromatic heterocycles. The smallest absolute Gasteiger partial charge is 0.0679 e. The second-order valence-corrected chi connectivity index (χ2v) is 7.11. The van der Waals surface area contributed by atoms with E-state index in [2.05, 4.69) is 27.7 Å². The predicted molar refractivity (Wildman–Crippen MR) is 85.6 cm³/mol. The van der Waals surface area contributed by atoms with Gasteiger partial charge in [0.05, 0.1) is 38.6 Å². The van der Waals surface area contributed by atoms with Gasteiger partial charge >= 0.3 is 0 Å². The van der Waals surface area contributed by atoms with Gasteiger partial charge in [0.15, 0.2) is 0 Å². The fraction of sp³-hybridized carbons (Fsp3) is 1.00. The molecule has 2 atom stereocenters. The van der Waals surface area contributed by atoms with Crippen molar-refractivity contribution in [1.29, 1.82) is 0 Å². The average molecular weight is 298 g/mol. The SMILES string of the molecule is CCCC(OC(CCC)C1(CC)COC1)C1(CC)COC1. The summed E-state index contributed by atoms with van der Waals surface area (Å²) in [7, 11) is 0. The van der Waals surface area contributed by atoms with Crippen LogP contribution in [0.25, 0.3) is 0 Å². The summed E-state index contributed by atoms with van der Waals surface area (Å²) in [5.74, 6) is 0. The molecule has 3 nitrogen and oxygen atoms in total. The van der Waals surface area contributed by atoms with E-state index in [1.807, 2.05) is 0 Å². The van der Waals surface area contributed by atoms with E-state index in [1.165, 1.54) is 12.8 Å². The lowest BCUT2D eigenvalue weighted by molar-refractivity contribution is -0.251. The molecular weight excluding hydrogens is 264 g/mol. The van der Waals surface area contributed by atoms with Crippen LogP contribution in [0.15, 0.2) is 0 Å². The molecule has 0 radical (unpaired) electrons. The highest BCUT2D eigenvalue weighted by Gasteiger charge is 2.50. The van der Waals surface area contributed by atoms with Crippen LogP contribution in [0.3, 0.4) is 0 Å². The molecule has 0 bridgehead atoms. The summed E-state index contributed by atoms with van der Waals surface area (Å²) < 4.78 is 17.9. The van der Waals surface area contributed by atoms with Gasteiger partial charge in [-0.1, -0.05) is 40.5 Å². The molecule has 21 heavy (non-hydrogen) atoms. The fourth-order valence-electron chi connectivity index (χ4n) is 3.72. The first-order valence-corrected chi connectivity index (χ1v) is 8.97. The first-order chi connectivity index (χ1) is 10.2. The zero-order valence-corrected chi connectivity index (χ0v) is 14.5. The van der Waals surface area contributed by atoms with Crippen LogP contribution in [0.4, 0.5) is 0 Å². The van der Waals surface area contributed by atoms with Gasteiger partial charge in [0.2, 0.25) is 0 Å². The molecule has 0 amide bonds. The first-order valence-electron chi connectivity index (χ1n) is 8.97. The van der Waals surface area contributed by atoms with Crippen molar-refractivity contribution in [2.75, 3.05) is 26.4 Å². The fourth-order valence-corrected chi connectivity index (χ4v) is 3.72. The molecule has 124 valence electrons. The predicted octanol–water partition coefficient (Wildman–Crippen LogP) is 4.19. The van der Waals surface area contributed by atoms with Gasteiger partial charge in [-0.3, -0.25) is 0 Å². The lowest BCUT2D eigenvalue weighted by atomic mass is 9.73. The van der Waals surface area contributed by atoms with Crippen molar-refractivity contribution in [2.24, 2.45) is 10.8 Å². The van der Waals surface area contributed by atoms with E-state index in [-0.39, 0.29) is 10.8 Å². The van der Waals surface area contributed by atoms with Gasteiger partial charge in [0.1, 0.15) is 0 Å². The van der Waals surface area contributed by atoms with Gasteiger partial charge in [0, 0.05) is 10.8 Å². The summed E-state index contributed by atoms with van der Waals surface area (Å²) in [5.41, 5.74) is 0.531. The number of hydrogen-bond acceptors (Lipinski definition) is 3. The van der Waals surface area contributed by atoms with Crippen molar-refractivity contribution in [2.45, 2.75) is 78.4 Å². The molecule has 0 aromatic rings. The van der Waals surface area contributed by atoms with Crippen molar-refractivity contribution >= 4 is 0 Å². The summed E-state index contributed by atoms with van der Waals surface area (Å²) in [4.78, 5) is 0. The van der Waals surface area contributed by atoms with Crippen molar-refractivity contribution in [3.05, 3.63) is 0 Å². The van der Waals surface area contributed by atoms with Gasteiger partial charge in [-0.2, -0.15) is 0 Å². The Morgan fingerprint density at radius 1 is 0.762 bits per heavy atom. The van der Waals surface area contributed by atoms with E-state index in [9.17, 15) is 0 Å². The largest absolute Gasteiger partial charge is 0.380 e. The van der Waals surface area contributed by atoms with Crippen molar-refractivity contribution in [3.8, 4) is 0 Å². The van der Waals surface area contributed by atoms with Gasteiger partial charge in [-0.15, -0.1) is 0 Å². The molecule has 2 unspecified atom stereocenters. The molecule has 0 N–H and O–H groups in total. The van der Waals surface area contributed by atoms with E-state index in [0.29, 0.717) is 12.2 Å². The first kappa shape index (κ1) is 17.2. The summed E-state index contributed by atoms with van der Waals surface area (Å²) in [6.07, 6.45) is 7.68. The Kier molecular flexibility index (Phi) is 6.10. The summed E-state index contributed by atoms with van der Waals surface area (Å²) in [5, 5.41) is 0. The van der Waals surface area contributed by atoms with E-state index >= 15 is 0 Å². The third-order valence-corrected chi connectivity index (χ3v) is 5.76. The molecule has 2 rings (SSSR count). The Morgan fingerprint density at radius 3 is 1.33 bits per heavy atom. The molecule has 2 saturated heterocycles. The second kappa shape index (κ2) is 7.43. The zero-order chi connectivity index (χ0) is 15.3. The lowest BCUT2D eigenvalue weighted by Crippen LogP contribution is -2.57. The van der Waals surface area contributed by atoms with E-state index in [0.717, 1.165) is 52.1 Å². The standard InChI is InChI=1S/C18H34O3/c1-5-9-15(17(7-3)11-19-12-17)21-16(10-6-2)18(8-4)13-20-14-18/h15-16H,5-14H2,1-4H3. The van der Waals surface area contributed by atoms with Crippen LogP contribution in [0, 0.1) is 10.8 Å². The van der Waals surface area contributed by atoms with Gasteiger partial charge < -0.3 is 14.2 Å². The highest BCUT2D eigenvalue weighted by atomic mass is 16.5. The molecule has 0 aromatic carbocycles. The molecule has 2 aliphatic heterocycles. The Balaban J connectivity index is 2.08. The van der Waals surface area contributed by atoms with Crippen LogP contribution >= 0.6 is 0 Å². The van der Waals surface area contributed by atoms with Crippen molar-refractivity contribution < 1.29 is 14.2 Å². The Bertz CT molecular complexity index is 267. The zero-order valence-electron chi connectivity index (χ0n) is 14.5. The minimum absolute atomic E-state index is 0.265. The third kappa shape index (κ3) is 3.30. The topological polar surface area (TPSA) is 27.7 Å². The molecule has 2 heterocycles. The van der Waals surface area contributed by atoms with E-state index in [4.69, 9.17) is 14.2 Å². The second-order valence-electron chi connectivity index (χ2n) is 7.11. The molecule has 0 saturated carbocycles. The lowest BCUT2D eigenvalue weighted by Gasteiger charge is -2.52. The van der Waals surface area contributed by atoms with Crippen LogP contribution in [0.1, 0.15) is 66.2 Å². The number of hydrogen-bond donors (Lipinski definition) is 0. The molecular formula is C18H34O3. The summed E-state index contributed by atoms with van der Waals surface area (Å²) in [6, 6.07) is 0. The summed E-state index contributed by atoms with van der Waals surface area (Å²) >= 11 is 0. The Morgan fingerprint density at radius 2 is 1.14 bits per heavy atom. The Labute approximate surface area is 130 Å². The molecule has 2 aliphatic rings. The number of ether oxygens (including phenoxy) is 3. The molecule has 2 fully saturated rings. The quantitative estimate of drug-likeness (QED) is 0.605. The molecule has 0 aliphatic carbocycles. The van der Waals surface area contributed by atoms with Crippen molar-refractivity contribution in [1.82, 2.24) is 0 Å². The molecule has 3 heteroatoms. The van der Waals surface area contributed by atoms with Crippen LogP contribution in [0.5, 0.6) is 0 Å². The van der Waals surface area contributed by atoms with E-state index < -0.39 is 0 Å². The van der Waals surface area contributed by atoms with E-state index in [1.54, 1.807) is 0 Å². The maximum absolute atomic E-state index is 6.77. The third-order valence-electron chi connectivity index (χ3n) is 5.76. The van der Waals surface area contributed by atoms with Crippen LogP contribution < -0.4 is 0 Å². The highest BCUT2D eigenvalue weighted by molar-refractivity contribution is 4.96. The number of rotatable bonds is 10. The minimum atomic E-state index is 0.265. The van der Waals surface area contributed by atoms with Crippen LogP contribution in [-0.2, 0) is 14.2 Å². The van der Waals surface area contributed by atoms with Gasteiger partial charge in [-0.05, 0) is 25.7 Å². The average Bonchev–Trinajstić information content (AvgIpc) is 2.38. The maximum atomic E-state index is 6.77.